The molecule has 0 fully saturated rings. The summed E-state index contributed by atoms with van der Waals surface area (Å²) in [5.41, 5.74) is 0. The minimum absolute atomic E-state index is 0.0105. The van der Waals surface area contributed by atoms with Gasteiger partial charge in [-0.25, -0.2) is 0 Å². The highest BCUT2D eigenvalue weighted by molar-refractivity contribution is 5.77. The molecule has 0 aliphatic carbocycles. The maximum Gasteiger partial charge on any atom is 0.257 e. The number of unbranched alkanes of at least 4 members (excludes halogenated alkanes) is 1. The van der Waals surface area contributed by atoms with E-state index in [2.05, 4.69) is 5.32 Å². The van der Waals surface area contributed by atoms with Crippen molar-refractivity contribution in [3.63, 3.8) is 0 Å². The molecule has 0 aromatic heterocycles. The molecule has 0 radical (unpaired) electrons. The fraction of sp³-hybridized carbons (Fsp3) is 0.333. The summed E-state index contributed by atoms with van der Waals surface area (Å²) in [6, 6.07) is 11.2. The molecule has 0 aliphatic rings. The summed E-state index contributed by atoms with van der Waals surface area (Å²) in [7, 11) is 0. The van der Waals surface area contributed by atoms with E-state index in [0.29, 0.717) is 25.1 Å². The second-order valence-corrected chi connectivity index (χ2v) is 3.21. The quantitative estimate of drug-likeness (QED) is 0.736. The molecule has 0 atom stereocenters. The number of benzene rings is 1. The van der Waals surface area contributed by atoms with Crippen LogP contribution < -0.4 is 10.1 Å². The minimum atomic E-state index is -0.165. The second kappa shape index (κ2) is 7.30. The molecule has 1 rings (SSSR count). The minimum Gasteiger partial charge on any atom is -0.484 e. The number of amides is 1. The molecule has 4 nitrogen and oxygen atoms in total. The molecule has 1 aromatic carbocycles. The van der Waals surface area contributed by atoms with Crippen LogP contribution in [0.4, 0.5) is 0 Å². The summed E-state index contributed by atoms with van der Waals surface area (Å²) >= 11 is 0. The molecule has 0 spiro atoms. The third-order valence-electron chi connectivity index (χ3n) is 1.90. The Morgan fingerprint density at radius 3 is 2.81 bits per heavy atom. The lowest BCUT2D eigenvalue weighted by atomic mass is 10.3. The third kappa shape index (κ3) is 5.01. The van der Waals surface area contributed by atoms with E-state index in [0.717, 1.165) is 0 Å². The zero-order valence-electron chi connectivity index (χ0n) is 8.98. The largest absolute Gasteiger partial charge is 0.484 e. The van der Waals surface area contributed by atoms with Crippen LogP contribution in [0.3, 0.4) is 0 Å². The van der Waals surface area contributed by atoms with Gasteiger partial charge in [-0.1, -0.05) is 18.2 Å². The van der Waals surface area contributed by atoms with Crippen LogP contribution in [0.2, 0.25) is 0 Å². The molecule has 0 bridgehead atoms. The highest BCUT2D eigenvalue weighted by Crippen LogP contribution is 2.07. The lowest BCUT2D eigenvalue weighted by molar-refractivity contribution is -0.123. The first kappa shape index (κ1) is 12.1. The van der Waals surface area contributed by atoms with Crippen molar-refractivity contribution in [3.8, 4) is 11.8 Å². The van der Waals surface area contributed by atoms with Gasteiger partial charge in [0.25, 0.3) is 5.91 Å². The third-order valence-corrected chi connectivity index (χ3v) is 1.90. The fourth-order valence-electron chi connectivity index (χ4n) is 1.11. The smallest absolute Gasteiger partial charge is 0.257 e. The molecule has 1 aromatic rings. The molecular weight excluding hydrogens is 204 g/mol. The van der Waals surface area contributed by atoms with Gasteiger partial charge in [0.05, 0.1) is 6.07 Å². The number of nitriles is 1. The molecular formula is C12H14N2O2. The topological polar surface area (TPSA) is 62.1 Å². The number of rotatable bonds is 6. The molecule has 0 heterocycles. The van der Waals surface area contributed by atoms with Gasteiger partial charge >= 0.3 is 0 Å². The summed E-state index contributed by atoms with van der Waals surface area (Å²) in [4.78, 5) is 11.3. The fourth-order valence-corrected chi connectivity index (χ4v) is 1.11. The molecule has 0 saturated carbocycles. The van der Waals surface area contributed by atoms with Gasteiger partial charge in [0.15, 0.2) is 6.61 Å². The second-order valence-electron chi connectivity index (χ2n) is 3.21. The Bertz CT molecular complexity index is 357. The van der Waals surface area contributed by atoms with Gasteiger partial charge in [-0.2, -0.15) is 5.26 Å². The van der Waals surface area contributed by atoms with E-state index in [4.69, 9.17) is 10.00 Å². The van der Waals surface area contributed by atoms with E-state index >= 15 is 0 Å². The van der Waals surface area contributed by atoms with Gasteiger partial charge in [0.2, 0.25) is 0 Å². The number of carbonyl (C=O) groups is 1. The zero-order valence-corrected chi connectivity index (χ0v) is 8.98. The van der Waals surface area contributed by atoms with Crippen LogP contribution in [0.1, 0.15) is 12.8 Å². The Morgan fingerprint density at radius 1 is 1.38 bits per heavy atom. The Labute approximate surface area is 94.8 Å². The van der Waals surface area contributed by atoms with Crippen LogP contribution in [-0.4, -0.2) is 19.1 Å². The summed E-state index contributed by atoms with van der Waals surface area (Å²) < 4.78 is 5.25. The predicted octanol–water partition coefficient (Wildman–Crippen LogP) is 1.49. The lowest BCUT2D eigenvalue weighted by Crippen LogP contribution is -2.29. The first-order valence-corrected chi connectivity index (χ1v) is 5.14. The standard InChI is InChI=1S/C12H14N2O2/c13-8-4-5-9-14-12(15)10-16-11-6-2-1-3-7-11/h1-3,6-7H,4-5,9-10H2,(H,14,15). The van der Waals surface area contributed by atoms with Gasteiger partial charge in [0, 0.05) is 13.0 Å². The summed E-state index contributed by atoms with van der Waals surface area (Å²) in [6.07, 6.45) is 1.13. The number of para-hydroxylation sites is 1. The summed E-state index contributed by atoms with van der Waals surface area (Å²) in [5, 5.41) is 11.0. The van der Waals surface area contributed by atoms with E-state index < -0.39 is 0 Å². The number of ether oxygens (including phenoxy) is 1. The molecule has 0 saturated heterocycles. The Balaban J connectivity index is 2.14. The highest BCUT2D eigenvalue weighted by atomic mass is 16.5. The lowest BCUT2D eigenvalue weighted by Gasteiger charge is -2.06. The SMILES string of the molecule is N#CCCCNC(=O)COc1ccccc1. The van der Waals surface area contributed by atoms with Crippen LogP contribution in [-0.2, 0) is 4.79 Å². The number of nitrogens with zero attached hydrogens (tertiary/aromatic N) is 1. The zero-order chi connectivity index (χ0) is 11.6. The molecule has 84 valence electrons. The molecule has 0 aliphatic heterocycles. The van der Waals surface area contributed by atoms with Crippen LogP contribution in [0, 0.1) is 11.3 Å². The van der Waals surface area contributed by atoms with Crippen molar-refractivity contribution in [2.24, 2.45) is 0 Å². The van der Waals surface area contributed by atoms with Gasteiger partial charge in [-0.3, -0.25) is 4.79 Å². The van der Waals surface area contributed by atoms with Crippen molar-refractivity contribution in [3.05, 3.63) is 30.3 Å². The molecule has 0 unspecified atom stereocenters. The van der Waals surface area contributed by atoms with Crippen molar-refractivity contribution in [2.45, 2.75) is 12.8 Å². The van der Waals surface area contributed by atoms with E-state index in [1.807, 2.05) is 24.3 Å². The van der Waals surface area contributed by atoms with Gasteiger partial charge in [0.1, 0.15) is 5.75 Å². The first-order chi connectivity index (χ1) is 7.83. The predicted molar refractivity (Wildman–Crippen MR) is 59.8 cm³/mol. The monoisotopic (exact) mass is 218 g/mol. The molecule has 4 heteroatoms. The average molecular weight is 218 g/mol. The Kier molecular flexibility index (Phi) is 5.49. The summed E-state index contributed by atoms with van der Waals surface area (Å²) in [6.45, 7) is 0.529. The van der Waals surface area contributed by atoms with Crippen molar-refractivity contribution in [2.75, 3.05) is 13.2 Å². The van der Waals surface area contributed by atoms with Crippen LogP contribution in [0.25, 0.3) is 0 Å². The number of nitrogens with one attached hydrogen (secondary N) is 1. The number of hydrogen-bond donors (Lipinski definition) is 1. The molecule has 1 amide bonds. The van der Waals surface area contributed by atoms with Gasteiger partial charge < -0.3 is 10.1 Å². The first-order valence-electron chi connectivity index (χ1n) is 5.14. The van der Waals surface area contributed by atoms with Crippen LogP contribution >= 0.6 is 0 Å². The Morgan fingerprint density at radius 2 is 2.12 bits per heavy atom. The van der Waals surface area contributed by atoms with E-state index in [9.17, 15) is 4.79 Å². The van der Waals surface area contributed by atoms with Gasteiger partial charge in [-0.15, -0.1) is 0 Å². The average Bonchev–Trinajstić information content (AvgIpc) is 2.33. The number of hydrogen-bond acceptors (Lipinski definition) is 3. The number of carbonyl (C=O) groups excluding carboxylic acids is 1. The van der Waals surface area contributed by atoms with Crippen molar-refractivity contribution in [1.29, 1.82) is 5.26 Å². The molecule has 1 N–H and O–H groups in total. The van der Waals surface area contributed by atoms with Crippen molar-refractivity contribution < 1.29 is 9.53 Å². The van der Waals surface area contributed by atoms with Crippen molar-refractivity contribution in [1.82, 2.24) is 5.32 Å². The normalized spacial score (nSPS) is 9.19. The maximum absolute atomic E-state index is 11.3. The van der Waals surface area contributed by atoms with E-state index in [1.165, 1.54) is 0 Å². The highest BCUT2D eigenvalue weighted by Gasteiger charge is 2.00. The van der Waals surface area contributed by atoms with Crippen molar-refractivity contribution >= 4 is 5.91 Å². The van der Waals surface area contributed by atoms with E-state index in [-0.39, 0.29) is 12.5 Å². The Hall–Kier alpha value is -2.02. The van der Waals surface area contributed by atoms with Gasteiger partial charge in [-0.05, 0) is 18.6 Å². The molecule has 16 heavy (non-hydrogen) atoms. The summed E-state index contributed by atoms with van der Waals surface area (Å²) in [5.74, 6) is 0.511. The van der Waals surface area contributed by atoms with Crippen LogP contribution in [0.15, 0.2) is 30.3 Å². The van der Waals surface area contributed by atoms with Crippen LogP contribution in [0.5, 0.6) is 5.75 Å². The maximum atomic E-state index is 11.3. The van der Waals surface area contributed by atoms with E-state index in [1.54, 1.807) is 12.1 Å².